The van der Waals surface area contributed by atoms with Crippen molar-refractivity contribution in [3.05, 3.63) is 0 Å². The van der Waals surface area contributed by atoms with Crippen LogP contribution >= 0.6 is 0 Å². The molecule has 0 rings (SSSR count). The summed E-state index contributed by atoms with van der Waals surface area (Å²) in [4.78, 5) is 31.8. The summed E-state index contributed by atoms with van der Waals surface area (Å²) in [6.07, 6.45) is 0. The Morgan fingerprint density at radius 1 is 0.933 bits per heavy atom. The number of nitrogens with one attached hydrogen (secondary N) is 1. The number of hydrogen-bond acceptors (Lipinski definition) is 5. The highest BCUT2D eigenvalue weighted by Crippen LogP contribution is 1.85. The number of carbonyl (C=O) groups is 3. The van der Waals surface area contributed by atoms with E-state index in [1.165, 1.54) is 0 Å². The van der Waals surface area contributed by atoms with Gasteiger partial charge >= 0.3 is 17.9 Å². The SMILES string of the molecule is O=C(O)CNCN(CC(=O)O)CC(=O)O. The summed E-state index contributed by atoms with van der Waals surface area (Å²) in [5.74, 6) is -3.44. The van der Waals surface area contributed by atoms with Gasteiger partial charge < -0.3 is 15.3 Å². The lowest BCUT2D eigenvalue weighted by Crippen LogP contribution is -2.42. The Morgan fingerprint density at radius 2 is 1.40 bits per heavy atom. The molecule has 8 nitrogen and oxygen atoms in total. The third-order valence-corrected chi connectivity index (χ3v) is 1.33. The van der Waals surface area contributed by atoms with Crippen LogP contribution in [-0.2, 0) is 14.4 Å². The van der Waals surface area contributed by atoms with Crippen LogP contribution in [0, 0.1) is 0 Å². The van der Waals surface area contributed by atoms with Crippen molar-refractivity contribution in [1.29, 1.82) is 0 Å². The standard InChI is InChI=1S/C7H12N2O6/c10-5(11)1-8-4-9(2-6(12)13)3-7(14)15/h8H,1-4H2,(H,10,11)(H,12,13)(H,14,15). The molecule has 4 N–H and O–H groups in total. The first-order chi connectivity index (χ1) is 6.91. The molecule has 0 saturated carbocycles. The first-order valence-corrected chi connectivity index (χ1v) is 4.00. The quantitative estimate of drug-likeness (QED) is 0.349. The van der Waals surface area contributed by atoms with Crippen LogP contribution in [0.3, 0.4) is 0 Å². The average molecular weight is 220 g/mol. The van der Waals surface area contributed by atoms with Crippen molar-refractivity contribution in [3.63, 3.8) is 0 Å². The van der Waals surface area contributed by atoms with Crippen LogP contribution in [-0.4, -0.2) is 64.4 Å². The summed E-state index contributed by atoms with van der Waals surface area (Å²) in [6.45, 7) is -1.38. The van der Waals surface area contributed by atoms with Gasteiger partial charge in [0.25, 0.3) is 0 Å². The van der Waals surface area contributed by atoms with Crippen molar-refractivity contribution in [2.45, 2.75) is 0 Å². The van der Waals surface area contributed by atoms with E-state index in [0.717, 1.165) is 4.90 Å². The lowest BCUT2D eigenvalue weighted by Gasteiger charge is -2.17. The molecule has 0 fully saturated rings. The minimum Gasteiger partial charge on any atom is -0.480 e. The molecule has 0 bridgehead atoms. The third kappa shape index (κ3) is 8.65. The number of nitrogens with zero attached hydrogens (tertiary/aromatic N) is 1. The molecule has 0 aliphatic heterocycles. The van der Waals surface area contributed by atoms with E-state index in [2.05, 4.69) is 5.32 Å². The Kier molecular flexibility index (Phi) is 5.99. The van der Waals surface area contributed by atoms with E-state index in [1.807, 2.05) is 0 Å². The van der Waals surface area contributed by atoms with Gasteiger partial charge in [-0.3, -0.25) is 24.6 Å². The van der Waals surface area contributed by atoms with Crippen molar-refractivity contribution in [3.8, 4) is 0 Å². The zero-order chi connectivity index (χ0) is 11.8. The van der Waals surface area contributed by atoms with Gasteiger partial charge in [-0.25, -0.2) is 0 Å². The molecule has 15 heavy (non-hydrogen) atoms. The van der Waals surface area contributed by atoms with Gasteiger partial charge in [-0.2, -0.15) is 0 Å². The van der Waals surface area contributed by atoms with Crippen molar-refractivity contribution >= 4 is 17.9 Å². The second-order valence-corrected chi connectivity index (χ2v) is 2.75. The minimum absolute atomic E-state index is 0.106. The van der Waals surface area contributed by atoms with Crippen LogP contribution in [0.25, 0.3) is 0 Å². The first-order valence-electron chi connectivity index (χ1n) is 4.00. The van der Waals surface area contributed by atoms with Gasteiger partial charge in [0, 0.05) is 6.67 Å². The molecule has 0 aromatic rings. The van der Waals surface area contributed by atoms with E-state index >= 15 is 0 Å². The van der Waals surface area contributed by atoms with Crippen LogP contribution in [0.5, 0.6) is 0 Å². The van der Waals surface area contributed by atoms with Crippen molar-refractivity contribution in [1.82, 2.24) is 10.2 Å². The Hall–Kier alpha value is -1.67. The van der Waals surface area contributed by atoms with Gasteiger partial charge in [0.2, 0.25) is 0 Å². The smallest absolute Gasteiger partial charge is 0.317 e. The van der Waals surface area contributed by atoms with Gasteiger partial charge in [-0.15, -0.1) is 0 Å². The number of rotatable bonds is 8. The predicted octanol–water partition coefficient (Wildman–Crippen LogP) is -1.91. The van der Waals surface area contributed by atoms with E-state index in [0.29, 0.717) is 0 Å². The van der Waals surface area contributed by atoms with E-state index in [1.54, 1.807) is 0 Å². The number of carboxylic acid groups (broad SMARTS) is 3. The van der Waals surface area contributed by atoms with Gasteiger partial charge in [-0.1, -0.05) is 0 Å². The largest absolute Gasteiger partial charge is 0.480 e. The van der Waals surface area contributed by atoms with Gasteiger partial charge in [0.05, 0.1) is 19.6 Å². The van der Waals surface area contributed by atoms with E-state index in [9.17, 15) is 14.4 Å². The van der Waals surface area contributed by atoms with E-state index < -0.39 is 31.0 Å². The van der Waals surface area contributed by atoms with E-state index in [4.69, 9.17) is 15.3 Å². The highest BCUT2D eigenvalue weighted by atomic mass is 16.4. The molecule has 0 unspecified atom stereocenters. The summed E-state index contributed by atoms with van der Waals surface area (Å²) in [5, 5.41) is 27.5. The normalized spacial score (nSPS) is 10.2. The Bertz CT molecular complexity index is 238. The van der Waals surface area contributed by atoms with Crippen LogP contribution in [0.15, 0.2) is 0 Å². The minimum atomic E-state index is -1.17. The Labute approximate surface area is 85.1 Å². The highest BCUT2D eigenvalue weighted by Gasteiger charge is 2.12. The lowest BCUT2D eigenvalue weighted by atomic mass is 10.5. The molecule has 0 heterocycles. The average Bonchev–Trinajstić information content (AvgIpc) is 2.00. The number of hydrogen-bond donors (Lipinski definition) is 4. The first kappa shape index (κ1) is 13.3. The molecular formula is C7H12N2O6. The second kappa shape index (κ2) is 6.74. The lowest BCUT2D eigenvalue weighted by molar-refractivity contribution is -0.141. The zero-order valence-corrected chi connectivity index (χ0v) is 7.84. The van der Waals surface area contributed by atoms with Crippen LogP contribution in [0.2, 0.25) is 0 Å². The maximum atomic E-state index is 10.3. The summed E-state index contributed by atoms with van der Waals surface area (Å²) < 4.78 is 0. The summed E-state index contributed by atoms with van der Waals surface area (Å²) in [5.41, 5.74) is 0. The topological polar surface area (TPSA) is 127 Å². The van der Waals surface area contributed by atoms with Gasteiger partial charge in [0.15, 0.2) is 0 Å². The van der Waals surface area contributed by atoms with Crippen molar-refractivity contribution in [2.24, 2.45) is 0 Å². The maximum absolute atomic E-state index is 10.3. The molecule has 0 aromatic heterocycles. The fourth-order valence-corrected chi connectivity index (χ4v) is 0.871. The summed E-state index contributed by atoms with van der Waals surface area (Å²) in [7, 11) is 0. The molecule has 0 spiro atoms. The summed E-state index contributed by atoms with van der Waals surface area (Å²) >= 11 is 0. The highest BCUT2D eigenvalue weighted by molar-refractivity contribution is 5.72. The predicted molar refractivity (Wildman–Crippen MR) is 47.4 cm³/mol. The van der Waals surface area contributed by atoms with Crippen LogP contribution in [0.4, 0.5) is 0 Å². The molecule has 0 atom stereocenters. The fraction of sp³-hybridized carbons (Fsp3) is 0.571. The monoisotopic (exact) mass is 220 g/mol. The van der Waals surface area contributed by atoms with Gasteiger partial charge in [0.1, 0.15) is 0 Å². The van der Waals surface area contributed by atoms with E-state index in [-0.39, 0.29) is 13.2 Å². The molecule has 0 saturated heterocycles. The molecule has 86 valence electrons. The molecule has 0 amide bonds. The van der Waals surface area contributed by atoms with Crippen molar-refractivity contribution in [2.75, 3.05) is 26.3 Å². The fourth-order valence-electron chi connectivity index (χ4n) is 0.871. The Morgan fingerprint density at radius 3 is 1.73 bits per heavy atom. The molecule has 8 heteroatoms. The third-order valence-electron chi connectivity index (χ3n) is 1.33. The molecule has 0 aliphatic rings. The molecular weight excluding hydrogens is 208 g/mol. The second-order valence-electron chi connectivity index (χ2n) is 2.75. The van der Waals surface area contributed by atoms with Gasteiger partial charge in [-0.05, 0) is 0 Å². The molecule has 0 aliphatic carbocycles. The maximum Gasteiger partial charge on any atom is 0.317 e. The van der Waals surface area contributed by atoms with Crippen LogP contribution < -0.4 is 5.32 Å². The molecule has 0 radical (unpaired) electrons. The Balaban J connectivity index is 3.94. The number of carboxylic acids is 3. The van der Waals surface area contributed by atoms with Crippen LogP contribution in [0.1, 0.15) is 0 Å². The zero-order valence-electron chi connectivity index (χ0n) is 7.84. The molecule has 0 aromatic carbocycles. The number of aliphatic carboxylic acids is 3. The van der Waals surface area contributed by atoms with Crippen molar-refractivity contribution < 1.29 is 29.7 Å². The summed E-state index contributed by atoms with van der Waals surface area (Å²) in [6, 6.07) is 0.